The predicted molar refractivity (Wildman–Crippen MR) is 96.5 cm³/mol. The second-order valence-electron chi connectivity index (χ2n) is 6.34. The first kappa shape index (κ1) is 20.0. The molecule has 1 aromatic rings. The molecule has 7 nitrogen and oxygen atoms in total. The molecule has 0 aromatic heterocycles. The Morgan fingerprint density at radius 2 is 2.15 bits per heavy atom. The van der Waals surface area contributed by atoms with Gasteiger partial charge in [0, 0.05) is 24.0 Å². The summed E-state index contributed by atoms with van der Waals surface area (Å²) in [7, 11) is 1.47. The van der Waals surface area contributed by atoms with Crippen LogP contribution in [-0.2, 0) is 9.59 Å². The molecule has 2 amide bonds. The van der Waals surface area contributed by atoms with Gasteiger partial charge in [-0.1, -0.05) is 11.6 Å². The number of nitrogens with zero attached hydrogens (tertiary/aromatic N) is 1. The second kappa shape index (κ2) is 8.89. The summed E-state index contributed by atoms with van der Waals surface area (Å²) < 4.78 is 5.23. The fourth-order valence-electron chi connectivity index (χ4n) is 3.04. The third kappa shape index (κ3) is 4.88. The van der Waals surface area contributed by atoms with Crippen molar-refractivity contribution in [2.24, 2.45) is 0 Å². The molecule has 8 heteroatoms. The lowest BCUT2D eigenvalue weighted by Gasteiger charge is -2.26. The quantitative estimate of drug-likeness (QED) is 0.754. The van der Waals surface area contributed by atoms with Crippen LogP contribution in [0.1, 0.15) is 43.0 Å². The Morgan fingerprint density at radius 1 is 1.42 bits per heavy atom. The molecule has 0 aliphatic carbocycles. The van der Waals surface area contributed by atoms with Crippen molar-refractivity contribution in [3.05, 3.63) is 28.8 Å². The fourth-order valence-corrected chi connectivity index (χ4v) is 3.21. The molecule has 0 bridgehead atoms. The number of ether oxygens (including phenoxy) is 1. The van der Waals surface area contributed by atoms with Gasteiger partial charge in [-0.25, -0.2) is 0 Å². The van der Waals surface area contributed by atoms with E-state index < -0.39 is 12.0 Å². The summed E-state index contributed by atoms with van der Waals surface area (Å²) >= 11 is 6.00. The number of hydrogen-bond acceptors (Lipinski definition) is 4. The minimum atomic E-state index is -0.906. The molecular formula is C18H23ClN2O5. The molecular weight excluding hydrogens is 360 g/mol. The Balaban J connectivity index is 2.09. The van der Waals surface area contributed by atoms with Gasteiger partial charge in [0.25, 0.3) is 5.91 Å². The van der Waals surface area contributed by atoms with Gasteiger partial charge in [0.1, 0.15) is 11.8 Å². The number of carbonyl (C=O) groups is 3. The molecule has 1 heterocycles. The zero-order valence-corrected chi connectivity index (χ0v) is 15.6. The molecule has 2 atom stereocenters. The minimum absolute atomic E-state index is 0.0194. The number of hydrogen-bond donors (Lipinski definition) is 2. The van der Waals surface area contributed by atoms with E-state index in [2.05, 4.69) is 5.32 Å². The first-order valence-electron chi connectivity index (χ1n) is 8.50. The number of nitrogens with one attached hydrogen (secondary N) is 1. The summed E-state index contributed by atoms with van der Waals surface area (Å²) in [6.07, 6.45) is 1.60. The van der Waals surface area contributed by atoms with Crippen molar-refractivity contribution in [1.82, 2.24) is 10.2 Å². The Morgan fingerprint density at radius 3 is 2.81 bits per heavy atom. The molecule has 1 saturated heterocycles. The van der Waals surface area contributed by atoms with Gasteiger partial charge in [-0.3, -0.25) is 14.4 Å². The van der Waals surface area contributed by atoms with Gasteiger partial charge in [-0.05, 0) is 44.4 Å². The first-order valence-corrected chi connectivity index (χ1v) is 8.88. The highest BCUT2D eigenvalue weighted by molar-refractivity contribution is 6.31. The highest BCUT2D eigenvalue weighted by Crippen LogP contribution is 2.27. The Hall–Kier alpha value is -2.28. The number of carbonyl (C=O) groups excluding carboxylic acids is 2. The summed E-state index contributed by atoms with van der Waals surface area (Å²) in [4.78, 5) is 37.6. The lowest BCUT2D eigenvalue weighted by molar-refractivity contribution is -0.137. The van der Waals surface area contributed by atoms with E-state index in [9.17, 15) is 14.4 Å². The SMILES string of the molecule is COc1ccc(Cl)cc1C(=O)N1CCCC1C(=O)NC(C)CCC(=O)O. The maximum absolute atomic E-state index is 12.9. The summed E-state index contributed by atoms with van der Waals surface area (Å²) in [5, 5.41) is 11.9. The molecule has 2 rings (SSSR count). The summed E-state index contributed by atoms with van der Waals surface area (Å²) in [5.41, 5.74) is 0.318. The number of carboxylic acids is 1. The highest BCUT2D eigenvalue weighted by Gasteiger charge is 2.36. The normalized spacial score (nSPS) is 17.7. The highest BCUT2D eigenvalue weighted by atomic mass is 35.5. The zero-order chi connectivity index (χ0) is 19.3. The van der Waals surface area contributed by atoms with E-state index in [4.69, 9.17) is 21.4 Å². The van der Waals surface area contributed by atoms with E-state index in [0.29, 0.717) is 35.7 Å². The number of aliphatic carboxylic acids is 1. The van der Waals surface area contributed by atoms with Crippen LogP contribution >= 0.6 is 11.6 Å². The maximum Gasteiger partial charge on any atom is 0.303 e. The summed E-state index contributed by atoms with van der Waals surface area (Å²) in [6.45, 7) is 2.22. The lowest BCUT2D eigenvalue weighted by Crippen LogP contribution is -2.48. The van der Waals surface area contributed by atoms with Crippen molar-refractivity contribution < 1.29 is 24.2 Å². The van der Waals surface area contributed by atoms with E-state index in [0.717, 1.165) is 6.42 Å². The molecule has 1 aromatic carbocycles. The van der Waals surface area contributed by atoms with Gasteiger partial charge in [0.2, 0.25) is 5.91 Å². The molecule has 26 heavy (non-hydrogen) atoms. The monoisotopic (exact) mass is 382 g/mol. The van der Waals surface area contributed by atoms with Crippen LogP contribution in [0.5, 0.6) is 5.75 Å². The van der Waals surface area contributed by atoms with Crippen LogP contribution in [0.3, 0.4) is 0 Å². The van der Waals surface area contributed by atoms with E-state index >= 15 is 0 Å². The second-order valence-corrected chi connectivity index (χ2v) is 6.78. The van der Waals surface area contributed by atoms with Crippen molar-refractivity contribution in [2.45, 2.75) is 44.7 Å². The molecule has 0 radical (unpaired) electrons. The first-order chi connectivity index (χ1) is 12.3. The Bertz CT molecular complexity index is 694. The number of amides is 2. The predicted octanol–water partition coefficient (Wildman–Crippen LogP) is 2.32. The van der Waals surface area contributed by atoms with Crippen LogP contribution in [0.4, 0.5) is 0 Å². The van der Waals surface area contributed by atoms with Gasteiger partial charge >= 0.3 is 5.97 Å². The molecule has 0 spiro atoms. The van der Waals surface area contributed by atoms with Gasteiger partial charge in [0.05, 0.1) is 12.7 Å². The number of halogens is 1. The molecule has 2 N–H and O–H groups in total. The van der Waals surface area contributed by atoms with E-state index in [1.54, 1.807) is 19.1 Å². The van der Waals surface area contributed by atoms with Crippen LogP contribution in [0.25, 0.3) is 0 Å². The van der Waals surface area contributed by atoms with Crippen molar-refractivity contribution in [3.8, 4) is 5.75 Å². The molecule has 1 aliphatic heterocycles. The molecule has 142 valence electrons. The summed E-state index contributed by atoms with van der Waals surface area (Å²) in [6, 6.07) is 3.92. The van der Waals surface area contributed by atoms with Gasteiger partial charge in [-0.2, -0.15) is 0 Å². The van der Waals surface area contributed by atoms with Gasteiger partial charge in [0.15, 0.2) is 0 Å². The fraction of sp³-hybridized carbons (Fsp3) is 0.500. The van der Waals surface area contributed by atoms with Gasteiger partial charge < -0.3 is 20.1 Å². The van der Waals surface area contributed by atoms with Crippen molar-refractivity contribution in [1.29, 1.82) is 0 Å². The Kier molecular flexibility index (Phi) is 6.85. The molecule has 2 unspecified atom stereocenters. The van der Waals surface area contributed by atoms with Crippen LogP contribution in [-0.4, -0.2) is 53.5 Å². The standard InChI is InChI=1S/C18H23ClN2O5/c1-11(5-8-16(22)23)20-17(24)14-4-3-9-21(14)18(25)13-10-12(19)6-7-15(13)26-2/h6-7,10-11,14H,3-5,8-9H2,1-2H3,(H,20,24)(H,22,23). The van der Waals surface area contributed by atoms with Crippen LogP contribution < -0.4 is 10.1 Å². The number of carboxylic acid groups (broad SMARTS) is 1. The van der Waals surface area contributed by atoms with Crippen LogP contribution in [0.15, 0.2) is 18.2 Å². The van der Waals surface area contributed by atoms with E-state index in [1.165, 1.54) is 18.1 Å². The maximum atomic E-state index is 12.9. The number of methoxy groups -OCH3 is 1. The van der Waals surface area contributed by atoms with Crippen LogP contribution in [0.2, 0.25) is 5.02 Å². The van der Waals surface area contributed by atoms with Crippen molar-refractivity contribution in [3.63, 3.8) is 0 Å². The number of rotatable bonds is 7. The van der Waals surface area contributed by atoms with Crippen molar-refractivity contribution in [2.75, 3.05) is 13.7 Å². The number of likely N-dealkylation sites (tertiary alicyclic amines) is 1. The van der Waals surface area contributed by atoms with Crippen molar-refractivity contribution >= 4 is 29.4 Å². The third-order valence-electron chi connectivity index (χ3n) is 4.39. The largest absolute Gasteiger partial charge is 0.496 e. The average Bonchev–Trinajstić information content (AvgIpc) is 3.09. The molecule has 1 aliphatic rings. The van der Waals surface area contributed by atoms with Crippen LogP contribution in [0, 0.1) is 0 Å². The molecule has 1 fully saturated rings. The van der Waals surface area contributed by atoms with E-state index in [1.807, 2.05) is 0 Å². The van der Waals surface area contributed by atoms with Gasteiger partial charge in [-0.15, -0.1) is 0 Å². The number of benzene rings is 1. The molecule has 0 saturated carbocycles. The van der Waals surface area contributed by atoms with E-state index in [-0.39, 0.29) is 24.3 Å². The summed E-state index contributed by atoms with van der Waals surface area (Å²) in [5.74, 6) is -1.08. The topological polar surface area (TPSA) is 95.9 Å². The lowest BCUT2D eigenvalue weighted by atomic mass is 10.1. The minimum Gasteiger partial charge on any atom is -0.496 e. The zero-order valence-electron chi connectivity index (χ0n) is 14.8. The average molecular weight is 383 g/mol. The smallest absolute Gasteiger partial charge is 0.303 e. The Labute approximate surface area is 157 Å². The third-order valence-corrected chi connectivity index (χ3v) is 4.62.